The summed E-state index contributed by atoms with van der Waals surface area (Å²) in [6, 6.07) is 6.14. The molecule has 0 saturated heterocycles. The van der Waals surface area contributed by atoms with Crippen molar-refractivity contribution in [2.24, 2.45) is 0 Å². The molecule has 0 aliphatic heterocycles. The van der Waals surface area contributed by atoms with Crippen LogP contribution < -0.4 is 10.1 Å². The van der Waals surface area contributed by atoms with E-state index in [0.717, 1.165) is 28.9 Å². The lowest BCUT2D eigenvalue weighted by atomic mass is 10.1. The molecule has 1 aliphatic carbocycles. The van der Waals surface area contributed by atoms with Crippen LogP contribution in [-0.2, 0) is 17.6 Å². The summed E-state index contributed by atoms with van der Waals surface area (Å²) in [6.45, 7) is 3.50. The SMILES string of the molecule is CC(=O)Oc1ccc2c(c1)CC(Nc1ncnc3scc(C)c13)C2. The number of hydrogen-bond donors (Lipinski definition) is 1. The van der Waals surface area contributed by atoms with Gasteiger partial charge in [0.2, 0.25) is 0 Å². The molecule has 5 nitrogen and oxygen atoms in total. The molecule has 1 N–H and O–H groups in total. The molecule has 1 unspecified atom stereocenters. The highest BCUT2D eigenvalue weighted by atomic mass is 32.1. The van der Waals surface area contributed by atoms with E-state index in [9.17, 15) is 4.79 Å². The standard InChI is InChI=1S/C18H17N3O2S/c1-10-8-24-18-16(10)17(19-9-20-18)21-14-5-12-3-4-15(23-11(2)22)7-13(12)6-14/h3-4,7-9,14H,5-6H2,1-2H3,(H,19,20,21). The van der Waals surface area contributed by atoms with Gasteiger partial charge in [-0.25, -0.2) is 9.97 Å². The Bertz CT molecular complexity index is 935. The maximum atomic E-state index is 11.1. The zero-order chi connectivity index (χ0) is 16.7. The summed E-state index contributed by atoms with van der Waals surface area (Å²) in [5, 5.41) is 6.79. The number of carbonyl (C=O) groups is 1. The molecule has 3 aromatic rings. The molecule has 0 spiro atoms. The average Bonchev–Trinajstić information content (AvgIpc) is 3.10. The molecule has 2 aromatic heterocycles. The Balaban J connectivity index is 1.56. The normalized spacial score (nSPS) is 16.2. The second-order valence-electron chi connectivity index (χ2n) is 6.09. The number of hydrogen-bond acceptors (Lipinski definition) is 6. The molecule has 0 fully saturated rings. The number of nitrogens with zero attached hydrogens (tertiary/aromatic N) is 2. The fourth-order valence-corrected chi connectivity index (χ4v) is 4.14. The number of aromatic nitrogens is 2. The Labute approximate surface area is 143 Å². The smallest absolute Gasteiger partial charge is 0.308 e. The molecule has 6 heteroatoms. The van der Waals surface area contributed by atoms with E-state index in [1.54, 1.807) is 17.7 Å². The van der Waals surface area contributed by atoms with Gasteiger partial charge in [0.05, 0.1) is 5.39 Å². The first kappa shape index (κ1) is 15.1. The minimum Gasteiger partial charge on any atom is -0.427 e. The van der Waals surface area contributed by atoms with E-state index in [1.165, 1.54) is 23.6 Å². The van der Waals surface area contributed by atoms with Crippen LogP contribution in [0.3, 0.4) is 0 Å². The van der Waals surface area contributed by atoms with Gasteiger partial charge in [-0.3, -0.25) is 4.79 Å². The number of anilines is 1. The molecule has 24 heavy (non-hydrogen) atoms. The fourth-order valence-electron chi connectivity index (χ4n) is 3.25. The molecule has 0 bridgehead atoms. The third kappa shape index (κ3) is 2.73. The van der Waals surface area contributed by atoms with Gasteiger partial charge >= 0.3 is 5.97 Å². The molecule has 0 radical (unpaired) electrons. The lowest BCUT2D eigenvalue weighted by Gasteiger charge is -2.13. The third-order valence-corrected chi connectivity index (χ3v) is 5.27. The monoisotopic (exact) mass is 339 g/mol. The summed E-state index contributed by atoms with van der Waals surface area (Å²) in [7, 11) is 0. The Morgan fingerprint density at radius 2 is 2.12 bits per heavy atom. The number of nitrogens with one attached hydrogen (secondary N) is 1. The largest absolute Gasteiger partial charge is 0.427 e. The van der Waals surface area contributed by atoms with Crippen molar-refractivity contribution in [1.29, 1.82) is 0 Å². The zero-order valence-corrected chi connectivity index (χ0v) is 14.3. The van der Waals surface area contributed by atoms with Crippen LogP contribution in [0.25, 0.3) is 10.2 Å². The maximum Gasteiger partial charge on any atom is 0.308 e. The van der Waals surface area contributed by atoms with Crippen molar-refractivity contribution in [2.75, 3.05) is 5.32 Å². The van der Waals surface area contributed by atoms with Crippen LogP contribution in [-0.4, -0.2) is 22.0 Å². The molecular formula is C18H17N3O2S. The van der Waals surface area contributed by atoms with Crippen molar-refractivity contribution in [3.63, 3.8) is 0 Å². The van der Waals surface area contributed by atoms with Crippen LogP contribution in [0.1, 0.15) is 23.6 Å². The minimum absolute atomic E-state index is 0.282. The van der Waals surface area contributed by atoms with Gasteiger partial charge in [-0.1, -0.05) is 6.07 Å². The van der Waals surface area contributed by atoms with Gasteiger partial charge < -0.3 is 10.1 Å². The molecule has 4 rings (SSSR count). The lowest BCUT2D eigenvalue weighted by Crippen LogP contribution is -2.20. The summed E-state index contributed by atoms with van der Waals surface area (Å²) in [5.41, 5.74) is 3.71. The average molecular weight is 339 g/mol. The van der Waals surface area contributed by atoms with Crippen LogP contribution in [0.5, 0.6) is 5.75 Å². The van der Waals surface area contributed by atoms with E-state index >= 15 is 0 Å². The Morgan fingerprint density at radius 3 is 2.96 bits per heavy atom. The zero-order valence-electron chi connectivity index (χ0n) is 13.5. The molecule has 1 aliphatic rings. The van der Waals surface area contributed by atoms with Gasteiger partial charge in [0.25, 0.3) is 0 Å². The van der Waals surface area contributed by atoms with E-state index in [4.69, 9.17) is 4.74 Å². The van der Waals surface area contributed by atoms with Crippen molar-refractivity contribution in [2.45, 2.75) is 32.7 Å². The van der Waals surface area contributed by atoms with Gasteiger partial charge in [0.1, 0.15) is 22.7 Å². The maximum absolute atomic E-state index is 11.1. The Morgan fingerprint density at radius 1 is 1.29 bits per heavy atom. The summed E-state index contributed by atoms with van der Waals surface area (Å²) in [6.07, 6.45) is 3.44. The van der Waals surface area contributed by atoms with Crippen LogP contribution in [0.15, 0.2) is 29.9 Å². The number of thiophene rings is 1. The fraction of sp³-hybridized carbons (Fsp3) is 0.278. The number of carbonyl (C=O) groups excluding carboxylic acids is 1. The summed E-state index contributed by atoms with van der Waals surface area (Å²) in [4.78, 5) is 20.9. The molecule has 2 heterocycles. The lowest BCUT2D eigenvalue weighted by molar-refractivity contribution is -0.131. The number of rotatable bonds is 3. The first-order chi connectivity index (χ1) is 11.6. The Kier molecular flexibility index (Phi) is 3.69. The van der Waals surface area contributed by atoms with Crippen LogP contribution in [0.2, 0.25) is 0 Å². The molecule has 122 valence electrons. The second kappa shape index (κ2) is 5.87. The van der Waals surface area contributed by atoms with E-state index in [1.807, 2.05) is 18.2 Å². The topological polar surface area (TPSA) is 64.1 Å². The summed E-state index contributed by atoms with van der Waals surface area (Å²) >= 11 is 1.64. The predicted molar refractivity (Wildman–Crippen MR) is 94.7 cm³/mol. The molecule has 0 amide bonds. The summed E-state index contributed by atoms with van der Waals surface area (Å²) < 4.78 is 5.18. The minimum atomic E-state index is -0.293. The van der Waals surface area contributed by atoms with Gasteiger partial charge in [0.15, 0.2) is 0 Å². The van der Waals surface area contributed by atoms with Crippen LogP contribution in [0.4, 0.5) is 5.82 Å². The predicted octanol–water partition coefficient (Wildman–Crippen LogP) is 3.50. The first-order valence-electron chi connectivity index (χ1n) is 7.85. The number of esters is 1. The van der Waals surface area contributed by atoms with Crippen molar-refractivity contribution in [1.82, 2.24) is 9.97 Å². The third-order valence-electron chi connectivity index (χ3n) is 4.27. The number of fused-ring (bicyclic) bond motifs is 2. The molecule has 0 saturated carbocycles. The van der Waals surface area contributed by atoms with Crippen molar-refractivity contribution < 1.29 is 9.53 Å². The van der Waals surface area contributed by atoms with Crippen LogP contribution in [0, 0.1) is 6.92 Å². The van der Waals surface area contributed by atoms with E-state index < -0.39 is 0 Å². The first-order valence-corrected chi connectivity index (χ1v) is 8.73. The van der Waals surface area contributed by atoms with E-state index in [0.29, 0.717) is 5.75 Å². The molecule has 1 atom stereocenters. The molecular weight excluding hydrogens is 322 g/mol. The van der Waals surface area contributed by atoms with Gasteiger partial charge in [-0.2, -0.15) is 0 Å². The molecule has 1 aromatic carbocycles. The number of aryl methyl sites for hydroxylation is 1. The van der Waals surface area contributed by atoms with E-state index in [2.05, 4.69) is 27.6 Å². The highest BCUT2D eigenvalue weighted by Crippen LogP contribution is 2.32. The van der Waals surface area contributed by atoms with Crippen molar-refractivity contribution in [3.05, 3.63) is 46.6 Å². The second-order valence-corrected chi connectivity index (χ2v) is 6.95. The van der Waals surface area contributed by atoms with Crippen molar-refractivity contribution in [3.8, 4) is 5.75 Å². The van der Waals surface area contributed by atoms with E-state index in [-0.39, 0.29) is 12.0 Å². The Hall–Kier alpha value is -2.47. The van der Waals surface area contributed by atoms with Gasteiger partial charge in [-0.15, -0.1) is 11.3 Å². The van der Waals surface area contributed by atoms with Gasteiger partial charge in [-0.05, 0) is 54.0 Å². The quantitative estimate of drug-likeness (QED) is 0.584. The van der Waals surface area contributed by atoms with Crippen LogP contribution >= 0.6 is 11.3 Å². The van der Waals surface area contributed by atoms with Gasteiger partial charge in [0, 0.05) is 13.0 Å². The number of ether oxygens (including phenoxy) is 1. The van der Waals surface area contributed by atoms with Crippen molar-refractivity contribution >= 4 is 33.3 Å². The highest BCUT2D eigenvalue weighted by molar-refractivity contribution is 7.17. The number of benzene rings is 1. The summed E-state index contributed by atoms with van der Waals surface area (Å²) in [5.74, 6) is 1.22. The highest BCUT2D eigenvalue weighted by Gasteiger charge is 2.23.